The Morgan fingerprint density at radius 2 is 1.35 bits per heavy atom. The van der Waals surface area contributed by atoms with Crippen LogP contribution in [-0.4, -0.2) is 42.6 Å². The number of benzene rings is 1. The molecule has 0 radical (unpaired) electrons. The number of hydrogen-bond acceptors (Lipinski definition) is 9. The molecule has 0 amide bonds. The van der Waals surface area contributed by atoms with Gasteiger partial charge in [-0.2, -0.15) is 0 Å². The first-order valence-electron chi connectivity index (χ1n) is 12.5. The Morgan fingerprint density at radius 3 is 1.84 bits per heavy atom. The summed E-state index contributed by atoms with van der Waals surface area (Å²) < 4.78 is 21.6. The smallest absolute Gasteiger partial charge is 0.323 e. The van der Waals surface area contributed by atoms with Crippen molar-refractivity contribution in [2.75, 3.05) is 6.61 Å². The van der Waals surface area contributed by atoms with E-state index in [4.69, 9.17) is 24.7 Å². The van der Waals surface area contributed by atoms with E-state index in [1.165, 1.54) is 12.1 Å². The van der Waals surface area contributed by atoms with E-state index in [-0.39, 0.29) is 30.5 Å². The molecule has 0 aromatic heterocycles. The minimum absolute atomic E-state index is 0.0506. The Bertz CT molecular complexity index is 985. The Hall–Kier alpha value is -2.94. The highest BCUT2D eigenvalue weighted by atomic mass is 16.6. The van der Waals surface area contributed by atoms with Gasteiger partial charge in [-0.3, -0.25) is 19.2 Å². The van der Waals surface area contributed by atoms with Crippen molar-refractivity contribution in [1.82, 2.24) is 0 Å². The van der Waals surface area contributed by atoms with Gasteiger partial charge in [0.15, 0.2) is 11.5 Å². The second-order valence-corrected chi connectivity index (χ2v) is 12.0. The predicted molar refractivity (Wildman–Crippen MR) is 139 cm³/mol. The van der Waals surface area contributed by atoms with Crippen molar-refractivity contribution in [2.24, 2.45) is 22.0 Å². The third-order valence-corrected chi connectivity index (χ3v) is 5.60. The van der Waals surface area contributed by atoms with Gasteiger partial charge < -0.3 is 24.7 Å². The van der Waals surface area contributed by atoms with E-state index in [2.05, 4.69) is 0 Å². The van der Waals surface area contributed by atoms with Crippen LogP contribution in [0.3, 0.4) is 0 Å². The molecule has 2 atom stereocenters. The van der Waals surface area contributed by atoms with Crippen molar-refractivity contribution < 1.29 is 38.1 Å². The second-order valence-electron chi connectivity index (χ2n) is 12.0. The lowest BCUT2D eigenvalue weighted by molar-refractivity contribution is -0.166. The maximum atomic E-state index is 12.5. The molecule has 1 aromatic carbocycles. The van der Waals surface area contributed by atoms with Crippen LogP contribution < -0.4 is 15.2 Å². The number of carbonyl (C=O) groups is 4. The van der Waals surface area contributed by atoms with Crippen molar-refractivity contribution in [1.29, 1.82) is 0 Å². The first-order chi connectivity index (χ1) is 16.8. The van der Waals surface area contributed by atoms with Crippen LogP contribution in [0.2, 0.25) is 0 Å². The molecule has 0 bridgehead atoms. The zero-order chi connectivity index (χ0) is 28.8. The summed E-state index contributed by atoms with van der Waals surface area (Å²) in [6, 6.07) is 3.62. The van der Waals surface area contributed by atoms with E-state index in [9.17, 15) is 19.2 Å². The standard InChI is InChI=1S/C28H43NO8/c1-11-28(9,10)25(33)35-17(2)16-34-22(30)19(29)14-18-12-13-20(36-23(31)26(3,4)5)21(15-18)37-24(32)27(6,7)8/h12-13,15,17,19H,11,14,16,29H2,1-10H3/t17-,19-/m0/s1. The van der Waals surface area contributed by atoms with Crippen LogP contribution in [0.4, 0.5) is 0 Å². The molecule has 0 aliphatic carbocycles. The largest absolute Gasteiger partial charge is 0.461 e. The maximum absolute atomic E-state index is 12.5. The van der Waals surface area contributed by atoms with E-state index in [0.29, 0.717) is 12.0 Å². The molecule has 0 spiro atoms. The molecule has 0 aliphatic rings. The molecule has 0 fully saturated rings. The van der Waals surface area contributed by atoms with Crippen LogP contribution in [0.25, 0.3) is 0 Å². The van der Waals surface area contributed by atoms with E-state index in [1.807, 2.05) is 6.92 Å². The molecule has 208 valence electrons. The van der Waals surface area contributed by atoms with Crippen LogP contribution in [0, 0.1) is 16.2 Å². The number of hydrogen-bond donors (Lipinski definition) is 1. The topological polar surface area (TPSA) is 131 Å². The van der Waals surface area contributed by atoms with E-state index >= 15 is 0 Å². The SMILES string of the molecule is CCC(C)(C)C(=O)O[C@@H](C)COC(=O)[C@@H](N)Cc1ccc(OC(=O)C(C)(C)C)c(OC(=O)C(C)(C)C)c1. The van der Waals surface area contributed by atoms with Gasteiger partial charge in [0.2, 0.25) is 0 Å². The zero-order valence-corrected chi connectivity index (χ0v) is 23.9. The third-order valence-electron chi connectivity index (χ3n) is 5.60. The summed E-state index contributed by atoms with van der Waals surface area (Å²) in [5.74, 6) is -1.92. The van der Waals surface area contributed by atoms with Crippen LogP contribution in [0.1, 0.15) is 81.2 Å². The van der Waals surface area contributed by atoms with Gasteiger partial charge in [-0.15, -0.1) is 0 Å². The van der Waals surface area contributed by atoms with Crippen molar-refractivity contribution >= 4 is 23.9 Å². The number of nitrogens with two attached hydrogens (primary N) is 1. The lowest BCUT2D eigenvalue weighted by Crippen LogP contribution is -2.37. The van der Waals surface area contributed by atoms with Gasteiger partial charge in [0.05, 0.1) is 16.2 Å². The maximum Gasteiger partial charge on any atom is 0.323 e. The highest BCUT2D eigenvalue weighted by molar-refractivity contribution is 5.81. The van der Waals surface area contributed by atoms with Gasteiger partial charge >= 0.3 is 23.9 Å². The van der Waals surface area contributed by atoms with Gasteiger partial charge in [-0.05, 0) is 92.9 Å². The molecule has 9 heteroatoms. The summed E-state index contributed by atoms with van der Waals surface area (Å²) in [5, 5.41) is 0. The number of carbonyl (C=O) groups excluding carboxylic acids is 4. The first-order valence-corrected chi connectivity index (χ1v) is 12.5. The summed E-state index contributed by atoms with van der Waals surface area (Å²) in [7, 11) is 0. The van der Waals surface area contributed by atoms with Gasteiger partial charge in [-0.1, -0.05) is 13.0 Å². The van der Waals surface area contributed by atoms with Gasteiger partial charge in [0.1, 0.15) is 18.8 Å². The van der Waals surface area contributed by atoms with Crippen LogP contribution in [0.15, 0.2) is 18.2 Å². The summed E-state index contributed by atoms with van der Waals surface area (Å²) in [4.78, 5) is 49.6. The second kappa shape index (κ2) is 12.5. The van der Waals surface area contributed by atoms with E-state index in [0.717, 1.165) is 0 Å². The Labute approximate surface area is 220 Å². The van der Waals surface area contributed by atoms with Gasteiger partial charge in [-0.25, -0.2) is 0 Å². The minimum atomic E-state index is -1.02. The molecule has 1 aromatic rings. The molecule has 0 unspecified atom stereocenters. The monoisotopic (exact) mass is 521 g/mol. The van der Waals surface area contributed by atoms with Gasteiger partial charge in [0.25, 0.3) is 0 Å². The fourth-order valence-corrected chi connectivity index (χ4v) is 2.51. The van der Waals surface area contributed by atoms with Crippen molar-refractivity contribution in [2.45, 2.75) is 94.2 Å². The van der Waals surface area contributed by atoms with Crippen LogP contribution in [0.5, 0.6) is 11.5 Å². The van der Waals surface area contributed by atoms with Crippen molar-refractivity contribution in [3.63, 3.8) is 0 Å². The average molecular weight is 522 g/mol. The quantitative estimate of drug-likeness (QED) is 0.352. The molecular formula is C28H43NO8. The molecule has 2 N–H and O–H groups in total. The summed E-state index contributed by atoms with van der Waals surface area (Å²) in [5.41, 5.74) is 4.42. The Kier molecular flexibility index (Phi) is 10.9. The lowest BCUT2D eigenvalue weighted by atomic mass is 9.91. The van der Waals surface area contributed by atoms with Crippen molar-refractivity contribution in [3.8, 4) is 11.5 Å². The van der Waals surface area contributed by atoms with Gasteiger partial charge in [0, 0.05) is 0 Å². The van der Waals surface area contributed by atoms with E-state index in [1.54, 1.807) is 68.4 Å². The number of esters is 4. The highest BCUT2D eigenvalue weighted by Gasteiger charge is 2.30. The summed E-state index contributed by atoms with van der Waals surface area (Å²) in [6.07, 6.45) is 0.0585. The van der Waals surface area contributed by atoms with E-state index < -0.39 is 46.3 Å². The summed E-state index contributed by atoms with van der Waals surface area (Å²) in [6.45, 7) is 17.2. The lowest BCUT2D eigenvalue weighted by Gasteiger charge is -2.23. The first kappa shape index (κ1) is 32.1. The molecule has 1 rings (SSSR count). The Balaban J connectivity index is 2.94. The summed E-state index contributed by atoms with van der Waals surface area (Å²) >= 11 is 0. The molecule has 0 saturated heterocycles. The highest BCUT2D eigenvalue weighted by Crippen LogP contribution is 2.33. The third kappa shape index (κ3) is 10.1. The zero-order valence-electron chi connectivity index (χ0n) is 23.9. The molecule has 0 saturated carbocycles. The predicted octanol–water partition coefficient (Wildman–Crippen LogP) is 4.37. The molecule has 9 nitrogen and oxygen atoms in total. The average Bonchev–Trinajstić information content (AvgIpc) is 2.77. The number of ether oxygens (including phenoxy) is 4. The van der Waals surface area contributed by atoms with Crippen LogP contribution in [-0.2, 0) is 35.1 Å². The number of rotatable bonds is 10. The molecule has 37 heavy (non-hydrogen) atoms. The fourth-order valence-electron chi connectivity index (χ4n) is 2.51. The van der Waals surface area contributed by atoms with Crippen LogP contribution >= 0.6 is 0 Å². The normalized spacial score (nSPS) is 13.8. The van der Waals surface area contributed by atoms with Crippen molar-refractivity contribution in [3.05, 3.63) is 23.8 Å². The minimum Gasteiger partial charge on any atom is -0.461 e. The fraction of sp³-hybridized carbons (Fsp3) is 0.643. The molecule has 0 aliphatic heterocycles. The molecule has 0 heterocycles. The Morgan fingerprint density at radius 1 is 0.838 bits per heavy atom. The molecular weight excluding hydrogens is 478 g/mol.